The molecule has 20 heavy (non-hydrogen) atoms. The molecule has 2 N–H and O–H groups in total. The van der Waals surface area contributed by atoms with Crippen molar-refractivity contribution in [1.29, 1.82) is 0 Å². The number of aromatic nitrogens is 1. The Bertz CT molecular complexity index is 534. The zero-order valence-electron chi connectivity index (χ0n) is 11.6. The van der Waals surface area contributed by atoms with Gasteiger partial charge in [0, 0.05) is 11.8 Å². The molecule has 2 unspecified atom stereocenters. The maximum atomic E-state index is 12.4. The molecule has 0 radical (unpaired) electrons. The lowest BCUT2D eigenvalue weighted by Crippen LogP contribution is -2.32. The maximum Gasteiger partial charge on any atom is 0.233 e. The van der Waals surface area contributed by atoms with Gasteiger partial charge in [-0.15, -0.1) is 0 Å². The van der Waals surface area contributed by atoms with Crippen molar-refractivity contribution in [2.45, 2.75) is 32.7 Å². The molecule has 2 atom stereocenters. The van der Waals surface area contributed by atoms with Crippen LogP contribution in [-0.4, -0.2) is 21.7 Å². The molecule has 1 saturated carbocycles. The molecule has 5 nitrogen and oxygen atoms in total. The van der Waals surface area contributed by atoms with Gasteiger partial charge in [0.05, 0.1) is 18.4 Å². The van der Waals surface area contributed by atoms with Crippen LogP contribution in [0.2, 0.25) is 0 Å². The van der Waals surface area contributed by atoms with Crippen LogP contribution in [0, 0.1) is 17.8 Å². The summed E-state index contributed by atoms with van der Waals surface area (Å²) in [5.74, 6) is 0.634. The molecule has 3 rings (SSSR count). The van der Waals surface area contributed by atoms with Gasteiger partial charge in [0.1, 0.15) is 5.82 Å². The zero-order chi connectivity index (χ0) is 14.3. The van der Waals surface area contributed by atoms with Gasteiger partial charge in [0.2, 0.25) is 11.8 Å². The number of nitrogens with zero attached hydrogens (tertiary/aromatic N) is 2. The molecule has 1 aliphatic heterocycles. The van der Waals surface area contributed by atoms with Crippen LogP contribution in [0.3, 0.4) is 0 Å². The summed E-state index contributed by atoms with van der Waals surface area (Å²) in [5, 5.41) is 0. The normalized spacial score (nSPS) is 29.1. The number of imide groups is 1. The van der Waals surface area contributed by atoms with E-state index in [0.717, 1.165) is 24.8 Å². The van der Waals surface area contributed by atoms with Crippen LogP contribution < -0.4 is 5.73 Å². The number of rotatable bonds is 3. The van der Waals surface area contributed by atoms with Crippen molar-refractivity contribution in [2.75, 3.05) is 5.73 Å². The van der Waals surface area contributed by atoms with E-state index in [1.807, 2.05) is 6.07 Å². The fourth-order valence-electron chi connectivity index (χ4n) is 3.44. The first-order chi connectivity index (χ1) is 9.61. The molecule has 2 amide bonds. The Morgan fingerprint density at radius 2 is 1.95 bits per heavy atom. The number of carbonyl (C=O) groups is 2. The maximum absolute atomic E-state index is 12.4. The molecular weight excluding hydrogens is 254 g/mol. The summed E-state index contributed by atoms with van der Waals surface area (Å²) >= 11 is 0. The van der Waals surface area contributed by atoms with Crippen LogP contribution in [0.1, 0.15) is 31.7 Å². The number of amides is 2. The number of anilines is 1. The molecule has 0 bridgehead atoms. The van der Waals surface area contributed by atoms with Gasteiger partial charge < -0.3 is 5.73 Å². The molecule has 2 heterocycles. The number of nitrogen functional groups attached to an aromatic ring is 1. The predicted molar refractivity (Wildman–Crippen MR) is 74.2 cm³/mol. The standard InChI is InChI=1S/C15H19N3O2/c1-2-9-6-11-12(7-9)15(20)18(14(11)19)8-10-4-3-5-17-13(10)16/h3-5,9,11-12H,2,6-8H2,1H3,(H2,16,17). The van der Waals surface area contributed by atoms with Gasteiger partial charge in [-0.25, -0.2) is 4.98 Å². The van der Waals surface area contributed by atoms with E-state index in [-0.39, 0.29) is 30.2 Å². The van der Waals surface area contributed by atoms with Crippen LogP contribution in [0.5, 0.6) is 0 Å². The van der Waals surface area contributed by atoms with Gasteiger partial charge in [-0.05, 0) is 24.8 Å². The molecule has 0 spiro atoms. The van der Waals surface area contributed by atoms with E-state index in [1.54, 1.807) is 12.3 Å². The van der Waals surface area contributed by atoms with Gasteiger partial charge in [-0.2, -0.15) is 0 Å². The third-order valence-electron chi connectivity index (χ3n) is 4.66. The number of hydrogen-bond donors (Lipinski definition) is 1. The minimum atomic E-state index is -0.106. The van der Waals surface area contributed by atoms with E-state index < -0.39 is 0 Å². The highest BCUT2D eigenvalue weighted by atomic mass is 16.2. The quantitative estimate of drug-likeness (QED) is 0.848. The van der Waals surface area contributed by atoms with Crippen molar-refractivity contribution in [1.82, 2.24) is 9.88 Å². The van der Waals surface area contributed by atoms with Crippen molar-refractivity contribution in [2.24, 2.45) is 17.8 Å². The summed E-state index contributed by atoms with van der Waals surface area (Å²) in [4.78, 5) is 30.2. The molecule has 2 fully saturated rings. The molecule has 1 aliphatic carbocycles. The topological polar surface area (TPSA) is 76.3 Å². The average molecular weight is 273 g/mol. The first-order valence-electron chi connectivity index (χ1n) is 7.16. The Balaban J connectivity index is 1.79. The Kier molecular flexibility index (Phi) is 3.20. The molecule has 5 heteroatoms. The highest BCUT2D eigenvalue weighted by molar-refractivity contribution is 6.05. The lowest BCUT2D eigenvalue weighted by molar-refractivity contribution is -0.141. The molecule has 0 aromatic carbocycles. The number of likely N-dealkylation sites (tertiary alicyclic amines) is 1. The largest absolute Gasteiger partial charge is 0.383 e. The van der Waals surface area contributed by atoms with E-state index >= 15 is 0 Å². The van der Waals surface area contributed by atoms with Gasteiger partial charge in [-0.1, -0.05) is 19.4 Å². The fourth-order valence-corrected chi connectivity index (χ4v) is 3.44. The summed E-state index contributed by atoms with van der Waals surface area (Å²) < 4.78 is 0. The molecule has 1 aromatic heterocycles. The highest BCUT2D eigenvalue weighted by Gasteiger charge is 2.52. The second kappa shape index (κ2) is 4.89. The predicted octanol–water partition coefficient (Wildman–Crippen LogP) is 1.58. The van der Waals surface area contributed by atoms with Gasteiger partial charge in [-0.3, -0.25) is 14.5 Å². The molecule has 2 aliphatic rings. The van der Waals surface area contributed by atoms with Gasteiger partial charge >= 0.3 is 0 Å². The van der Waals surface area contributed by atoms with Crippen LogP contribution in [-0.2, 0) is 16.1 Å². The third kappa shape index (κ3) is 1.97. The van der Waals surface area contributed by atoms with Crippen molar-refractivity contribution in [3.05, 3.63) is 23.9 Å². The third-order valence-corrected chi connectivity index (χ3v) is 4.66. The molecule has 1 aromatic rings. The van der Waals surface area contributed by atoms with Crippen LogP contribution in [0.15, 0.2) is 18.3 Å². The number of carbonyl (C=O) groups excluding carboxylic acids is 2. The minimum absolute atomic E-state index is 0.0285. The Labute approximate surface area is 118 Å². The van der Waals surface area contributed by atoms with Crippen molar-refractivity contribution in [3.8, 4) is 0 Å². The lowest BCUT2D eigenvalue weighted by Gasteiger charge is -2.18. The first-order valence-corrected chi connectivity index (χ1v) is 7.16. The zero-order valence-corrected chi connectivity index (χ0v) is 11.6. The van der Waals surface area contributed by atoms with E-state index in [1.165, 1.54) is 4.90 Å². The number of nitrogens with two attached hydrogens (primary N) is 1. The van der Waals surface area contributed by atoms with Crippen LogP contribution >= 0.6 is 0 Å². The van der Waals surface area contributed by atoms with E-state index in [0.29, 0.717) is 11.7 Å². The van der Waals surface area contributed by atoms with E-state index in [9.17, 15) is 9.59 Å². The number of fused-ring (bicyclic) bond motifs is 1. The van der Waals surface area contributed by atoms with Gasteiger partial charge in [0.15, 0.2) is 0 Å². The lowest BCUT2D eigenvalue weighted by atomic mass is 10.00. The smallest absolute Gasteiger partial charge is 0.233 e. The minimum Gasteiger partial charge on any atom is -0.383 e. The Morgan fingerprint density at radius 1 is 1.30 bits per heavy atom. The number of hydrogen-bond acceptors (Lipinski definition) is 4. The SMILES string of the molecule is CCC1CC2C(=O)N(Cc3cccnc3N)C(=O)C2C1. The Morgan fingerprint density at radius 3 is 2.50 bits per heavy atom. The second-order valence-corrected chi connectivity index (χ2v) is 5.77. The summed E-state index contributed by atoms with van der Waals surface area (Å²) in [6.07, 6.45) is 4.35. The van der Waals surface area contributed by atoms with E-state index in [2.05, 4.69) is 11.9 Å². The van der Waals surface area contributed by atoms with Crippen molar-refractivity contribution in [3.63, 3.8) is 0 Å². The molecule has 106 valence electrons. The highest BCUT2D eigenvalue weighted by Crippen LogP contribution is 2.44. The van der Waals surface area contributed by atoms with Crippen molar-refractivity contribution < 1.29 is 9.59 Å². The fraction of sp³-hybridized carbons (Fsp3) is 0.533. The molecular formula is C15H19N3O2. The second-order valence-electron chi connectivity index (χ2n) is 5.77. The average Bonchev–Trinajstić information content (AvgIpc) is 2.96. The summed E-state index contributed by atoms with van der Waals surface area (Å²) in [5.41, 5.74) is 6.53. The van der Waals surface area contributed by atoms with Crippen LogP contribution in [0.25, 0.3) is 0 Å². The number of pyridine rings is 1. The van der Waals surface area contributed by atoms with E-state index in [4.69, 9.17) is 5.73 Å². The van der Waals surface area contributed by atoms with Crippen LogP contribution in [0.4, 0.5) is 5.82 Å². The molecule has 1 saturated heterocycles. The monoisotopic (exact) mass is 273 g/mol. The summed E-state index contributed by atoms with van der Waals surface area (Å²) in [6.45, 7) is 2.37. The first kappa shape index (κ1) is 13.1. The Hall–Kier alpha value is -1.91. The van der Waals surface area contributed by atoms with Crippen molar-refractivity contribution >= 4 is 17.6 Å². The summed E-state index contributed by atoms with van der Waals surface area (Å²) in [7, 11) is 0. The van der Waals surface area contributed by atoms with Gasteiger partial charge in [0.25, 0.3) is 0 Å². The summed E-state index contributed by atoms with van der Waals surface area (Å²) in [6, 6.07) is 3.58.